The van der Waals surface area contributed by atoms with E-state index in [1.807, 2.05) is 75.7 Å². The molecule has 1 saturated heterocycles. The van der Waals surface area contributed by atoms with Gasteiger partial charge in [-0.15, -0.1) is 0 Å². The Morgan fingerprint density at radius 3 is 2.40 bits per heavy atom. The molecule has 4 aromatic rings. The highest BCUT2D eigenvalue weighted by atomic mass is 19.1. The highest BCUT2D eigenvalue weighted by molar-refractivity contribution is 6.00. The predicted octanol–water partition coefficient (Wildman–Crippen LogP) is 5.76. The number of carbonyl (C=O) groups excluding carboxylic acids is 2. The van der Waals surface area contributed by atoms with Crippen molar-refractivity contribution in [3.05, 3.63) is 95.9 Å². The van der Waals surface area contributed by atoms with Crippen LogP contribution in [0.3, 0.4) is 0 Å². The average molecular weight is 586 g/mol. The summed E-state index contributed by atoms with van der Waals surface area (Å²) in [4.78, 5) is 36.7. The van der Waals surface area contributed by atoms with Gasteiger partial charge in [0.25, 0.3) is 0 Å². The molecule has 8 nitrogen and oxygen atoms in total. The van der Waals surface area contributed by atoms with E-state index >= 15 is 0 Å². The molecule has 1 aromatic heterocycles. The lowest BCUT2D eigenvalue weighted by Crippen LogP contribution is -2.55. The minimum absolute atomic E-state index is 0.0728. The number of hydrogen-bond acceptors (Lipinski definition) is 4. The van der Waals surface area contributed by atoms with Gasteiger partial charge in [-0.25, -0.2) is 9.18 Å². The number of nitrogens with zero attached hydrogens (tertiary/aromatic N) is 3. The molecule has 9 heteroatoms. The van der Waals surface area contributed by atoms with Crippen LogP contribution in [-0.4, -0.2) is 73.1 Å². The van der Waals surface area contributed by atoms with Crippen LogP contribution in [0.15, 0.2) is 79.0 Å². The first-order valence-corrected chi connectivity index (χ1v) is 14.7. The first kappa shape index (κ1) is 30.1. The first-order chi connectivity index (χ1) is 20.7. The van der Waals surface area contributed by atoms with E-state index in [1.54, 1.807) is 29.0 Å². The van der Waals surface area contributed by atoms with Crippen LogP contribution in [0, 0.1) is 5.82 Å². The number of nitrogens with one attached hydrogen (secondary N) is 2. The second kappa shape index (κ2) is 13.3. The number of piperidine rings is 1. The van der Waals surface area contributed by atoms with Crippen LogP contribution < -0.4 is 15.0 Å². The number of hydrogen-bond donors (Lipinski definition) is 2. The molecule has 5 rings (SSSR count). The molecule has 2 atom stereocenters. The second-order valence-corrected chi connectivity index (χ2v) is 11.5. The maximum Gasteiger partial charge on any atom is 0.318 e. The molecule has 1 fully saturated rings. The van der Waals surface area contributed by atoms with E-state index < -0.39 is 6.04 Å². The number of likely N-dealkylation sites (tertiary alicyclic amines) is 1. The van der Waals surface area contributed by atoms with Gasteiger partial charge in [0.1, 0.15) is 23.7 Å². The van der Waals surface area contributed by atoms with Crippen LogP contribution in [0.2, 0.25) is 0 Å². The molecule has 3 amide bonds. The van der Waals surface area contributed by atoms with Crippen LogP contribution >= 0.6 is 0 Å². The third-order valence-electron chi connectivity index (χ3n) is 8.17. The fourth-order valence-corrected chi connectivity index (χ4v) is 5.80. The Hall–Kier alpha value is -4.37. The number of aromatic amines is 1. The predicted molar refractivity (Wildman–Crippen MR) is 168 cm³/mol. The molecule has 0 aliphatic carbocycles. The molecule has 226 valence electrons. The largest absolute Gasteiger partial charge is 0.490 e. The SMILES string of the molecule is CC(c1c[nH]c2ccccc12)C(NC(=O)N1CCC(Oc2ccc(F)cc2)CC1)C(=O)N(C)c1ccccc1CN(C)C. The number of para-hydroxylation sites is 2. The summed E-state index contributed by atoms with van der Waals surface area (Å²) < 4.78 is 19.3. The number of halogens is 1. The lowest BCUT2D eigenvalue weighted by Gasteiger charge is -2.35. The number of fused-ring (bicyclic) bond motifs is 1. The maximum atomic E-state index is 14.3. The van der Waals surface area contributed by atoms with Crippen molar-refractivity contribution in [1.82, 2.24) is 20.1 Å². The zero-order valence-corrected chi connectivity index (χ0v) is 25.2. The van der Waals surface area contributed by atoms with Gasteiger partial charge in [-0.3, -0.25) is 4.79 Å². The average Bonchev–Trinajstić information content (AvgIpc) is 3.44. The standard InChI is InChI=1S/C34H40FN5O3/c1-23(29-21-36-30-11-7-6-10-28(29)30)32(33(41)39(4)31-12-8-5-9-24(31)22-38(2)3)37-34(42)40-19-17-27(18-20-40)43-26-15-13-25(35)14-16-26/h5-16,21,23,27,32,36H,17-20,22H2,1-4H3,(H,37,42). The number of benzene rings is 3. The molecular weight excluding hydrogens is 545 g/mol. The van der Waals surface area contributed by atoms with E-state index in [2.05, 4.69) is 15.2 Å². The number of carbonyl (C=O) groups is 2. The van der Waals surface area contributed by atoms with Gasteiger partial charge in [0.2, 0.25) is 5.91 Å². The van der Waals surface area contributed by atoms with Crippen LogP contribution in [0.1, 0.15) is 36.8 Å². The highest BCUT2D eigenvalue weighted by Gasteiger charge is 2.35. The molecule has 0 saturated carbocycles. The molecule has 2 unspecified atom stereocenters. The summed E-state index contributed by atoms with van der Waals surface area (Å²) in [7, 11) is 5.76. The number of ether oxygens (including phenoxy) is 1. The van der Waals surface area contributed by atoms with E-state index in [-0.39, 0.29) is 29.8 Å². The minimum atomic E-state index is -0.808. The van der Waals surface area contributed by atoms with Crippen molar-refractivity contribution < 1.29 is 18.7 Å². The Morgan fingerprint density at radius 1 is 1.00 bits per heavy atom. The van der Waals surface area contributed by atoms with Gasteiger partial charge < -0.3 is 29.7 Å². The summed E-state index contributed by atoms with van der Waals surface area (Å²) in [5.74, 6) is -0.195. The number of anilines is 1. The lowest BCUT2D eigenvalue weighted by atomic mass is 9.91. The van der Waals surface area contributed by atoms with Crippen LogP contribution in [0.4, 0.5) is 14.9 Å². The minimum Gasteiger partial charge on any atom is -0.490 e. The first-order valence-electron chi connectivity index (χ1n) is 14.7. The zero-order chi connectivity index (χ0) is 30.5. The number of likely N-dealkylation sites (N-methyl/N-ethyl adjacent to an activating group) is 1. The van der Waals surface area contributed by atoms with E-state index in [4.69, 9.17) is 4.74 Å². The van der Waals surface area contributed by atoms with Gasteiger partial charge in [-0.2, -0.15) is 0 Å². The summed E-state index contributed by atoms with van der Waals surface area (Å²) in [6.07, 6.45) is 3.13. The summed E-state index contributed by atoms with van der Waals surface area (Å²) in [5.41, 5.74) is 3.78. The molecule has 1 aliphatic heterocycles. The third-order valence-corrected chi connectivity index (χ3v) is 8.17. The van der Waals surface area contributed by atoms with Gasteiger partial charge in [0.15, 0.2) is 0 Å². The van der Waals surface area contributed by atoms with Crippen molar-refractivity contribution in [2.45, 2.75) is 44.4 Å². The molecule has 2 N–H and O–H groups in total. The van der Waals surface area contributed by atoms with E-state index in [1.165, 1.54) is 12.1 Å². The Labute approximate surface area is 252 Å². The molecule has 0 spiro atoms. The van der Waals surface area contributed by atoms with Crippen molar-refractivity contribution in [3.63, 3.8) is 0 Å². The number of amides is 3. The third kappa shape index (κ3) is 7.00. The molecule has 3 aromatic carbocycles. The summed E-state index contributed by atoms with van der Waals surface area (Å²) in [6, 6.07) is 20.7. The van der Waals surface area contributed by atoms with E-state index in [0.29, 0.717) is 38.2 Å². The fraction of sp³-hybridized carbons (Fsp3) is 0.353. The number of rotatable bonds is 9. The Balaban J connectivity index is 1.35. The molecular formula is C34H40FN5O3. The van der Waals surface area contributed by atoms with Crippen molar-refractivity contribution in [2.24, 2.45) is 0 Å². The number of H-pyrrole nitrogens is 1. The van der Waals surface area contributed by atoms with Gasteiger partial charge >= 0.3 is 6.03 Å². The van der Waals surface area contributed by atoms with Crippen molar-refractivity contribution in [1.29, 1.82) is 0 Å². The van der Waals surface area contributed by atoms with Crippen molar-refractivity contribution in [2.75, 3.05) is 39.1 Å². The topological polar surface area (TPSA) is 80.9 Å². The maximum absolute atomic E-state index is 14.3. The fourth-order valence-electron chi connectivity index (χ4n) is 5.80. The summed E-state index contributed by atoms with van der Waals surface area (Å²) in [6.45, 7) is 3.64. The van der Waals surface area contributed by atoms with Crippen LogP contribution in [-0.2, 0) is 11.3 Å². The summed E-state index contributed by atoms with van der Waals surface area (Å²) in [5, 5.41) is 4.13. The van der Waals surface area contributed by atoms with Gasteiger partial charge in [0, 0.05) is 68.2 Å². The number of aromatic nitrogens is 1. The van der Waals surface area contributed by atoms with E-state index in [9.17, 15) is 14.0 Å². The van der Waals surface area contributed by atoms with Gasteiger partial charge in [0.05, 0.1) is 0 Å². The molecule has 2 heterocycles. The molecule has 43 heavy (non-hydrogen) atoms. The normalized spacial score (nSPS) is 15.3. The Kier molecular flexibility index (Phi) is 9.31. The zero-order valence-electron chi connectivity index (χ0n) is 25.2. The monoisotopic (exact) mass is 585 g/mol. The molecule has 1 aliphatic rings. The summed E-state index contributed by atoms with van der Waals surface area (Å²) >= 11 is 0. The van der Waals surface area contributed by atoms with Crippen molar-refractivity contribution in [3.8, 4) is 5.75 Å². The Morgan fingerprint density at radius 2 is 1.67 bits per heavy atom. The highest BCUT2D eigenvalue weighted by Crippen LogP contribution is 2.30. The molecule has 0 radical (unpaired) electrons. The quantitative estimate of drug-likeness (QED) is 0.262. The van der Waals surface area contributed by atoms with Gasteiger partial charge in [-0.1, -0.05) is 43.3 Å². The van der Waals surface area contributed by atoms with Crippen molar-refractivity contribution >= 4 is 28.5 Å². The second-order valence-electron chi connectivity index (χ2n) is 11.5. The van der Waals surface area contributed by atoms with E-state index in [0.717, 1.165) is 27.7 Å². The lowest BCUT2D eigenvalue weighted by molar-refractivity contribution is -0.120. The van der Waals surface area contributed by atoms with Gasteiger partial charge in [-0.05, 0) is 61.6 Å². The Bertz CT molecular complexity index is 1550. The molecule has 0 bridgehead atoms. The van der Waals surface area contributed by atoms with Crippen LogP contribution in [0.5, 0.6) is 5.75 Å². The smallest absolute Gasteiger partial charge is 0.318 e. The van der Waals surface area contributed by atoms with Crippen LogP contribution in [0.25, 0.3) is 10.9 Å². The number of urea groups is 1.